The Morgan fingerprint density at radius 2 is 1.65 bits per heavy atom. The average Bonchev–Trinajstić information content (AvgIpc) is 3.10. The second-order valence-electron chi connectivity index (χ2n) is 8.61. The number of nitrogens with two attached hydrogens (primary N) is 1. The van der Waals surface area contributed by atoms with Crippen LogP contribution in [0.5, 0.6) is 0 Å². The van der Waals surface area contributed by atoms with Crippen molar-refractivity contribution in [2.24, 2.45) is 17.1 Å². The van der Waals surface area contributed by atoms with Crippen LogP contribution in [0.15, 0.2) is 0 Å². The molecule has 1 aliphatic heterocycles. The molecular formula is C20H36ClN3O2. The van der Waals surface area contributed by atoms with Crippen molar-refractivity contribution in [2.75, 3.05) is 19.6 Å². The molecule has 150 valence electrons. The lowest BCUT2D eigenvalue weighted by Crippen LogP contribution is -2.43. The lowest BCUT2D eigenvalue weighted by Gasteiger charge is -2.36. The van der Waals surface area contributed by atoms with Gasteiger partial charge in [-0.1, -0.05) is 38.5 Å². The molecule has 3 fully saturated rings. The van der Waals surface area contributed by atoms with Gasteiger partial charge in [-0.25, -0.2) is 0 Å². The molecule has 6 heteroatoms. The largest absolute Gasteiger partial charge is 0.352 e. The first-order chi connectivity index (χ1) is 12.1. The highest BCUT2D eigenvalue weighted by Crippen LogP contribution is 2.38. The topological polar surface area (TPSA) is 75.4 Å². The van der Waals surface area contributed by atoms with Crippen LogP contribution in [0.4, 0.5) is 0 Å². The van der Waals surface area contributed by atoms with Crippen LogP contribution in [0.2, 0.25) is 0 Å². The molecule has 3 aliphatic rings. The SMILES string of the molecule is Cl.NCC1(CC(=O)NC2CCN(C(=O)C3CCCCC3)C2)CCCCC1. The van der Waals surface area contributed by atoms with Crippen molar-refractivity contribution in [3.63, 3.8) is 0 Å². The number of nitrogens with zero attached hydrogens (tertiary/aromatic N) is 1. The summed E-state index contributed by atoms with van der Waals surface area (Å²) in [6.07, 6.45) is 13.0. The van der Waals surface area contributed by atoms with Crippen molar-refractivity contribution in [3.8, 4) is 0 Å². The van der Waals surface area contributed by atoms with Crippen molar-refractivity contribution in [1.29, 1.82) is 0 Å². The molecule has 0 aromatic heterocycles. The Morgan fingerprint density at radius 3 is 2.31 bits per heavy atom. The van der Waals surface area contributed by atoms with E-state index in [9.17, 15) is 9.59 Å². The zero-order chi connectivity index (χ0) is 17.7. The molecule has 26 heavy (non-hydrogen) atoms. The van der Waals surface area contributed by atoms with Crippen LogP contribution >= 0.6 is 12.4 Å². The summed E-state index contributed by atoms with van der Waals surface area (Å²) in [6, 6.07) is 0.124. The van der Waals surface area contributed by atoms with Gasteiger partial charge in [0.25, 0.3) is 0 Å². The normalized spacial score (nSPS) is 26.2. The van der Waals surface area contributed by atoms with Gasteiger partial charge in [-0.2, -0.15) is 0 Å². The molecule has 2 aliphatic carbocycles. The molecule has 3 N–H and O–H groups in total. The predicted molar refractivity (Wildman–Crippen MR) is 106 cm³/mol. The van der Waals surface area contributed by atoms with Crippen molar-refractivity contribution in [3.05, 3.63) is 0 Å². The lowest BCUT2D eigenvalue weighted by molar-refractivity contribution is -0.135. The van der Waals surface area contributed by atoms with E-state index in [2.05, 4.69) is 5.32 Å². The minimum atomic E-state index is 0. The molecule has 2 saturated carbocycles. The Bertz CT molecular complexity index is 474. The molecule has 0 aromatic rings. The van der Waals surface area contributed by atoms with Crippen LogP contribution in [0, 0.1) is 11.3 Å². The molecule has 5 nitrogen and oxygen atoms in total. The van der Waals surface area contributed by atoms with E-state index in [-0.39, 0.29) is 35.7 Å². The number of hydrogen-bond acceptors (Lipinski definition) is 3. The van der Waals surface area contributed by atoms with Crippen LogP contribution in [-0.4, -0.2) is 42.4 Å². The number of halogens is 1. The maximum absolute atomic E-state index is 12.6. The first-order valence-corrected chi connectivity index (χ1v) is 10.4. The number of nitrogens with one attached hydrogen (secondary N) is 1. The highest BCUT2D eigenvalue weighted by atomic mass is 35.5. The molecule has 1 atom stereocenters. The maximum atomic E-state index is 12.6. The van der Waals surface area contributed by atoms with E-state index in [1.807, 2.05) is 4.90 Å². The van der Waals surface area contributed by atoms with Gasteiger partial charge in [0.1, 0.15) is 0 Å². The average molecular weight is 386 g/mol. The standard InChI is InChI=1S/C20H35N3O2.ClH/c21-15-20(10-5-2-6-11-20)13-18(24)22-17-9-12-23(14-17)19(25)16-7-3-1-4-8-16;/h16-17H,1-15,21H2,(H,22,24);1H. The number of hydrogen-bond donors (Lipinski definition) is 2. The van der Waals surface area contributed by atoms with Crippen molar-refractivity contribution < 1.29 is 9.59 Å². The summed E-state index contributed by atoms with van der Waals surface area (Å²) in [5.74, 6) is 0.678. The summed E-state index contributed by atoms with van der Waals surface area (Å²) in [4.78, 5) is 27.2. The van der Waals surface area contributed by atoms with Gasteiger partial charge in [-0.05, 0) is 44.1 Å². The van der Waals surface area contributed by atoms with E-state index >= 15 is 0 Å². The predicted octanol–water partition coefficient (Wildman–Crippen LogP) is 3.00. The Kier molecular flexibility index (Phi) is 8.21. The number of rotatable bonds is 5. The molecular weight excluding hydrogens is 350 g/mol. The van der Waals surface area contributed by atoms with Gasteiger partial charge in [-0.3, -0.25) is 9.59 Å². The molecule has 2 amide bonds. The fourth-order valence-electron chi connectivity index (χ4n) is 5.06. The van der Waals surface area contributed by atoms with Crippen LogP contribution < -0.4 is 11.1 Å². The highest BCUT2D eigenvalue weighted by molar-refractivity contribution is 5.85. The van der Waals surface area contributed by atoms with Gasteiger partial charge in [-0.15, -0.1) is 12.4 Å². The van der Waals surface area contributed by atoms with E-state index in [1.54, 1.807) is 0 Å². The fourth-order valence-corrected chi connectivity index (χ4v) is 5.06. The van der Waals surface area contributed by atoms with Crippen molar-refractivity contribution >= 4 is 24.2 Å². The van der Waals surface area contributed by atoms with E-state index in [0.717, 1.165) is 38.6 Å². The van der Waals surface area contributed by atoms with Gasteiger partial charge in [0.15, 0.2) is 0 Å². The van der Waals surface area contributed by atoms with Crippen molar-refractivity contribution in [2.45, 2.75) is 83.1 Å². The second kappa shape index (κ2) is 9.93. The summed E-state index contributed by atoms with van der Waals surface area (Å²) in [6.45, 7) is 2.09. The molecule has 0 aromatic carbocycles. The van der Waals surface area contributed by atoms with Gasteiger partial charge >= 0.3 is 0 Å². The minimum absolute atomic E-state index is 0. The minimum Gasteiger partial charge on any atom is -0.352 e. The molecule has 3 rings (SSSR count). The van der Waals surface area contributed by atoms with Crippen LogP contribution in [-0.2, 0) is 9.59 Å². The molecule has 1 saturated heterocycles. The van der Waals surface area contributed by atoms with E-state index < -0.39 is 0 Å². The second-order valence-corrected chi connectivity index (χ2v) is 8.61. The maximum Gasteiger partial charge on any atom is 0.225 e. The molecule has 1 unspecified atom stereocenters. The Morgan fingerprint density at radius 1 is 1.00 bits per heavy atom. The summed E-state index contributed by atoms with van der Waals surface area (Å²) in [7, 11) is 0. The first kappa shape index (κ1) is 21.5. The van der Waals surface area contributed by atoms with Crippen LogP contribution in [0.1, 0.15) is 77.0 Å². The zero-order valence-electron chi connectivity index (χ0n) is 16.0. The molecule has 0 spiro atoms. The third-order valence-electron chi connectivity index (χ3n) is 6.70. The Balaban J connectivity index is 0.00000243. The lowest BCUT2D eigenvalue weighted by atomic mass is 9.71. The fraction of sp³-hybridized carbons (Fsp3) is 0.900. The number of amides is 2. The number of likely N-dealkylation sites (tertiary alicyclic amines) is 1. The van der Waals surface area contributed by atoms with Crippen LogP contribution in [0.3, 0.4) is 0 Å². The molecule has 0 bridgehead atoms. The monoisotopic (exact) mass is 385 g/mol. The van der Waals surface area contributed by atoms with Gasteiger partial charge < -0.3 is 16.0 Å². The summed E-state index contributed by atoms with van der Waals surface area (Å²) < 4.78 is 0. The van der Waals surface area contributed by atoms with E-state index in [1.165, 1.54) is 38.5 Å². The Labute approximate surface area is 164 Å². The number of carbonyl (C=O) groups excluding carboxylic acids is 2. The first-order valence-electron chi connectivity index (χ1n) is 10.4. The summed E-state index contributed by atoms with van der Waals surface area (Å²) in [5, 5.41) is 3.18. The quantitative estimate of drug-likeness (QED) is 0.763. The van der Waals surface area contributed by atoms with Gasteiger partial charge in [0.05, 0.1) is 0 Å². The molecule has 0 radical (unpaired) electrons. The number of carbonyl (C=O) groups is 2. The zero-order valence-corrected chi connectivity index (χ0v) is 16.8. The molecule has 1 heterocycles. The third-order valence-corrected chi connectivity index (χ3v) is 6.70. The van der Waals surface area contributed by atoms with Crippen LogP contribution in [0.25, 0.3) is 0 Å². The van der Waals surface area contributed by atoms with Gasteiger partial charge in [0.2, 0.25) is 11.8 Å². The Hall–Kier alpha value is -0.810. The summed E-state index contributed by atoms with van der Waals surface area (Å²) >= 11 is 0. The van der Waals surface area contributed by atoms with Gasteiger partial charge in [0, 0.05) is 31.5 Å². The van der Waals surface area contributed by atoms with E-state index in [0.29, 0.717) is 25.4 Å². The summed E-state index contributed by atoms with van der Waals surface area (Å²) in [5.41, 5.74) is 6.02. The smallest absolute Gasteiger partial charge is 0.225 e. The van der Waals surface area contributed by atoms with E-state index in [4.69, 9.17) is 5.73 Å². The van der Waals surface area contributed by atoms with Crippen molar-refractivity contribution in [1.82, 2.24) is 10.2 Å². The highest BCUT2D eigenvalue weighted by Gasteiger charge is 2.35. The third kappa shape index (κ3) is 5.35.